The zero-order valence-electron chi connectivity index (χ0n) is 16.3. The van der Waals surface area contributed by atoms with Crippen LogP contribution in [0.5, 0.6) is 0 Å². The van der Waals surface area contributed by atoms with Crippen LogP contribution >= 0.6 is 15.9 Å². The van der Waals surface area contributed by atoms with E-state index in [1.165, 1.54) is 0 Å². The zero-order valence-corrected chi connectivity index (χ0v) is 17.9. The number of amides is 1. The summed E-state index contributed by atoms with van der Waals surface area (Å²) in [7, 11) is 0. The first kappa shape index (κ1) is 20.8. The summed E-state index contributed by atoms with van der Waals surface area (Å²) < 4.78 is 40.8. The lowest BCUT2D eigenvalue weighted by Crippen LogP contribution is -2.35. The van der Waals surface area contributed by atoms with Crippen LogP contribution in [-0.2, 0) is 22.9 Å². The van der Waals surface area contributed by atoms with E-state index in [0.29, 0.717) is 23.4 Å². The molecule has 1 fully saturated rings. The molecule has 2 aromatic heterocycles. The Morgan fingerprint density at radius 2 is 1.87 bits per heavy atom. The van der Waals surface area contributed by atoms with Crippen molar-refractivity contribution in [2.45, 2.75) is 51.2 Å². The number of alkyl halides is 3. The first-order valence-electron chi connectivity index (χ1n) is 9.46. The van der Waals surface area contributed by atoms with Gasteiger partial charge in [0, 0.05) is 22.3 Å². The van der Waals surface area contributed by atoms with Crippen LogP contribution in [0, 0.1) is 13.8 Å². The van der Waals surface area contributed by atoms with Gasteiger partial charge in [-0.2, -0.15) is 18.2 Å². The number of halogens is 4. The quantitative estimate of drug-likeness (QED) is 0.590. The number of fused-ring (bicyclic) bond motifs is 1. The second-order valence-electron chi connectivity index (χ2n) is 7.54. The predicted molar refractivity (Wildman–Crippen MR) is 107 cm³/mol. The van der Waals surface area contributed by atoms with E-state index in [4.69, 9.17) is 0 Å². The molecule has 1 amide bonds. The summed E-state index contributed by atoms with van der Waals surface area (Å²) in [6.45, 7) is 3.36. The number of rotatable bonds is 5. The van der Waals surface area contributed by atoms with Gasteiger partial charge in [-0.1, -0.05) is 28.1 Å². The largest absolute Gasteiger partial charge is 0.453 e. The Balaban J connectivity index is 1.49. The molecule has 1 aliphatic carbocycles. The van der Waals surface area contributed by atoms with Crippen molar-refractivity contribution in [2.24, 2.45) is 0 Å². The summed E-state index contributed by atoms with van der Waals surface area (Å²) in [5, 5.41) is 6.66. The van der Waals surface area contributed by atoms with Gasteiger partial charge >= 0.3 is 6.18 Å². The second-order valence-corrected chi connectivity index (χ2v) is 8.46. The molecule has 6 nitrogen and oxygen atoms in total. The van der Waals surface area contributed by atoms with Gasteiger partial charge in [0.25, 0.3) is 11.6 Å². The normalized spacial score (nSPS) is 15.4. The molecule has 4 rings (SSSR count). The van der Waals surface area contributed by atoms with Crippen LogP contribution in [0.25, 0.3) is 5.78 Å². The summed E-state index contributed by atoms with van der Waals surface area (Å²) in [5.74, 6) is -1.43. The van der Waals surface area contributed by atoms with Gasteiger partial charge in [0.2, 0.25) is 5.91 Å². The Morgan fingerprint density at radius 3 is 2.47 bits per heavy atom. The molecule has 2 heterocycles. The molecule has 30 heavy (non-hydrogen) atoms. The highest BCUT2D eigenvalue weighted by Gasteiger charge is 2.45. The van der Waals surface area contributed by atoms with Crippen LogP contribution in [0.15, 0.2) is 28.7 Å². The van der Waals surface area contributed by atoms with E-state index < -0.39 is 12.0 Å². The Morgan fingerprint density at radius 1 is 1.20 bits per heavy atom. The molecule has 158 valence electrons. The lowest BCUT2D eigenvalue weighted by molar-refractivity contribution is -0.144. The number of hydrogen-bond donors (Lipinski definition) is 1. The number of benzene rings is 1. The minimum Gasteiger partial charge on any atom is -0.347 e. The molecular weight excluding hydrogens is 463 g/mol. The third-order valence-corrected chi connectivity index (χ3v) is 5.96. The van der Waals surface area contributed by atoms with Gasteiger partial charge in [-0.15, -0.1) is 5.10 Å². The van der Waals surface area contributed by atoms with Gasteiger partial charge in [0.05, 0.1) is 5.54 Å². The Labute approximate surface area is 179 Å². The fourth-order valence-corrected chi connectivity index (χ4v) is 3.90. The number of carbonyl (C=O) groups excluding carboxylic acids is 1. The predicted octanol–water partition coefficient (Wildman–Crippen LogP) is 4.26. The molecule has 1 aliphatic rings. The summed E-state index contributed by atoms with van der Waals surface area (Å²) in [4.78, 5) is 20.2. The van der Waals surface area contributed by atoms with Crippen LogP contribution in [-0.4, -0.2) is 25.5 Å². The summed E-state index contributed by atoms with van der Waals surface area (Å²) >= 11 is 3.41. The van der Waals surface area contributed by atoms with Crippen molar-refractivity contribution >= 4 is 27.6 Å². The summed E-state index contributed by atoms with van der Waals surface area (Å²) in [5.41, 5.74) is 2.49. The van der Waals surface area contributed by atoms with E-state index in [1.54, 1.807) is 13.8 Å². The minimum atomic E-state index is -4.64. The van der Waals surface area contributed by atoms with Gasteiger partial charge in [-0.3, -0.25) is 4.79 Å². The third kappa shape index (κ3) is 3.92. The molecular formula is C20H19BrF3N5O. The molecule has 0 aliphatic heterocycles. The molecule has 1 aromatic carbocycles. The monoisotopic (exact) mass is 481 g/mol. The number of hydrogen-bond acceptors (Lipinski definition) is 4. The van der Waals surface area contributed by atoms with Crippen molar-refractivity contribution in [2.75, 3.05) is 0 Å². The maximum absolute atomic E-state index is 12.9. The van der Waals surface area contributed by atoms with Gasteiger partial charge in [-0.25, -0.2) is 9.50 Å². The van der Waals surface area contributed by atoms with Gasteiger partial charge in [0.1, 0.15) is 0 Å². The van der Waals surface area contributed by atoms with E-state index in [9.17, 15) is 18.0 Å². The van der Waals surface area contributed by atoms with Crippen molar-refractivity contribution in [3.8, 4) is 0 Å². The molecule has 0 spiro atoms. The highest BCUT2D eigenvalue weighted by molar-refractivity contribution is 9.10. The molecule has 1 N–H and O–H groups in total. The van der Waals surface area contributed by atoms with Crippen LogP contribution in [0.1, 0.15) is 47.6 Å². The smallest absolute Gasteiger partial charge is 0.347 e. The first-order valence-corrected chi connectivity index (χ1v) is 10.3. The van der Waals surface area contributed by atoms with Crippen molar-refractivity contribution in [3.05, 3.63) is 57.1 Å². The minimum absolute atomic E-state index is 0.0994. The van der Waals surface area contributed by atoms with Crippen LogP contribution < -0.4 is 5.32 Å². The highest BCUT2D eigenvalue weighted by atomic mass is 79.9. The van der Waals surface area contributed by atoms with Crippen molar-refractivity contribution in [1.29, 1.82) is 0 Å². The third-order valence-electron chi connectivity index (χ3n) is 5.43. The molecule has 0 atom stereocenters. The molecule has 0 radical (unpaired) electrons. The second kappa shape index (κ2) is 7.33. The molecule has 10 heteroatoms. The number of carbonyl (C=O) groups is 1. The number of nitrogens with one attached hydrogen (secondary N) is 1. The maximum Gasteiger partial charge on any atom is 0.453 e. The lowest BCUT2D eigenvalue weighted by atomic mass is 10.0. The standard InChI is InChI=1S/C20H19BrF3N5O/c1-11-15(12(2)29-18(25-11)26-17(28-29)20(22,23)24)7-8-16(30)27-19(9-10-19)13-3-5-14(21)6-4-13/h3-6H,7-10H2,1-2H3,(H,27,30). The maximum atomic E-state index is 12.9. The zero-order chi connectivity index (χ0) is 21.7. The SMILES string of the molecule is Cc1nc2nc(C(F)(F)F)nn2c(C)c1CCC(=O)NC1(c2ccc(Br)cc2)CC1. The lowest BCUT2D eigenvalue weighted by Gasteiger charge is -2.18. The fraction of sp³-hybridized carbons (Fsp3) is 0.400. The van der Waals surface area contributed by atoms with Crippen molar-refractivity contribution in [3.63, 3.8) is 0 Å². The van der Waals surface area contributed by atoms with E-state index in [0.717, 1.165) is 27.4 Å². The fourth-order valence-electron chi connectivity index (χ4n) is 3.64. The number of aromatic nitrogens is 4. The van der Waals surface area contributed by atoms with Crippen LogP contribution in [0.3, 0.4) is 0 Å². The van der Waals surface area contributed by atoms with Gasteiger partial charge < -0.3 is 5.32 Å². The average molecular weight is 482 g/mol. The average Bonchev–Trinajstić information content (AvgIpc) is 3.29. The summed E-state index contributed by atoms with van der Waals surface area (Å²) in [6, 6.07) is 7.88. The molecule has 0 bridgehead atoms. The van der Waals surface area contributed by atoms with Crippen molar-refractivity contribution in [1.82, 2.24) is 24.9 Å². The first-order chi connectivity index (χ1) is 14.1. The number of nitrogens with zero attached hydrogens (tertiary/aromatic N) is 4. The Bertz CT molecular complexity index is 1120. The molecule has 0 unspecified atom stereocenters. The molecule has 1 saturated carbocycles. The van der Waals surface area contributed by atoms with Crippen molar-refractivity contribution < 1.29 is 18.0 Å². The molecule has 0 saturated heterocycles. The summed E-state index contributed by atoms with van der Waals surface area (Å²) in [6.07, 6.45) is -2.33. The Kier molecular flexibility index (Phi) is 5.08. The van der Waals surface area contributed by atoms with E-state index >= 15 is 0 Å². The van der Waals surface area contributed by atoms with E-state index in [-0.39, 0.29) is 23.6 Å². The van der Waals surface area contributed by atoms with Crippen LogP contribution in [0.4, 0.5) is 13.2 Å². The Hall–Kier alpha value is -2.49. The number of aryl methyl sites for hydroxylation is 2. The molecule has 3 aromatic rings. The van der Waals surface area contributed by atoms with Crippen LogP contribution in [0.2, 0.25) is 0 Å². The topological polar surface area (TPSA) is 72.2 Å². The highest BCUT2D eigenvalue weighted by Crippen LogP contribution is 2.45. The van der Waals surface area contributed by atoms with Gasteiger partial charge in [-0.05, 0) is 56.4 Å². The van der Waals surface area contributed by atoms with E-state index in [1.807, 2.05) is 24.3 Å². The van der Waals surface area contributed by atoms with E-state index in [2.05, 4.69) is 36.3 Å². The van der Waals surface area contributed by atoms with Gasteiger partial charge in [0.15, 0.2) is 0 Å².